The smallest absolute Gasteiger partial charge is 0.229 e. The van der Waals surface area contributed by atoms with Crippen LogP contribution in [0.25, 0.3) is 0 Å². The summed E-state index contributed by atoms with van der Waals surface area (Å²) in [6.45, 7) is 9.41. The van der Waals surface area contributed by atoms with Crippen molar-refractivity contribution in [2.24, 2.45) is 11.3 Å². The zero-order valence-electron chi connectivity index (χ0n) is 10.9. The summed E-state index contributed by atoms with van der Waals surface area (Å²) in [6, 6.07) is 0. The van der Waals surface area contributed by atoms with E-state index >= 15 is 0 Å². The quantitative estimate of drug-likeness (QED) is 0.722. The van der Waals surface area contributed by atoms with Gasteiger partial charge in [-0.1, -0.05) is 27.7 Å². The number of amides is 1. The maximum Gasteiger partial charge on any atom is 0.229 e. The average molecular weight is 247 g/mol. The number of thioether (sulfide) groups is 1. The van der Waals surface area contributed by atoms with Gasteiger partial charge in [-0.15, -0.1) is 0 Å². The molecule has 0 rings (SSSR count). The second kappa shape index (κ2) is 7.96. The van der Waals surface area contributed by atoms with E-state index in [4.69, 9.17) is 5.11 Å². The Morgan fingerprint density at radius 3 is 2.56 bits per heavy atom. The first-order valence-corrected chi connectivity index (χ1v) is 6.96. The highest BCUT2D eigenvalue weighted by Gasteiger charge is 2.10. The molecule has 0 saturated carbocycles. The van der Waals surface area contributed by atoms with Gasteiger partial charge in [0.1, 0.15) is 0 Å². The van der Waals surface area contributed by atoms with Crippen LogP contribution in [0.5, 0.6) is 0 Å². The standard InChI is InChI=1S/C12H25NO2S/c1-10(7-14)8-16-9-11(15)13-6-5-12(2,3)4/h10,14H,5-9H2,1-4H3,(H,13,15). The molecule has 0 aliphatic rings. The third-order valence-electron chi connectivity index (χ3n) is 2.14. The lowest BCUT2D eigenvalue weighted by atomic mass is 9.92. The summed E-state index contributed by atoms with van der Waals surface area (Å²) in [5, 5.41) is 11.7. The van der Waals surface area contributed by atoms with Crippen molar-refractivity contribution in [2.75, 3.05) is 24.7 Å². The number of nitrogens with one attached hydrogen (secondary N) is 1. The Kier molecular flexibility index (Phi) is 7.85. The first kappa shape index (κ1) is 15.8. The Balaban J connectivity index is 3.46. The molecule has 0 bridgehead atoms. The summed E-state index contributed by atoms with van der Waals surface area (Å²) in [5.41, 5.74) is 0.270. The normalized spacial score (nSPS) is 13.6. The molecule has 0 saturated heterocycles. The third-order valence-corrected chi connectivity index (χ3v) is 3.42. The number of carbonyl (C=O) groups excluding carboxylic acids is 1. The number of aliphatic hydroxyl groups is 1. The summed E-state index contributed by atoms with van der Waals surface area (Å²) >= 11 is 1.58. The van der Waals surface area contributed by atoms with Crippen LogP contribution >= 0.6 is 11.8 Å². The number of hydrogen-bond donors (Lipinski definition) is 2. The highest BCUT2D eigenvalue weighted by atomic mass is 32.2. The summed E-state index contributed by atoms with van der Waals surface area (Å²) in [4.78, 5) is 11.4. The molecule has 4 heteroatoms. The van der Waals surface area contributed by atoms with Crippen LogP contribution in [0.15, 0.2) is 0 Å². The predicted octanol–water partition coefficient (Wildman–Crippen LogP) is 1.90. The minimum absolute atomic E-state index is 0.0967. The SMILES string of the molecule is CC(CO)CSCC(=O)NCCC(C)(C)C. The fraction of sp³-hybridized carbons (Fsp3) is 0.917. The zero-order chi connectivity index (χ0) is 12.6. The molecule has 2 N–H and O–H groups in total. The molecule has 1 unspecified atom stereocenters. The molecule has 0 fully saturated rings. The monoisotopic (exact) mass is 247 g/mol. The van der Waals surface area contributed by atoms with E-state index in [0.29, 0.717) is 5.75 Å². The summed E-state index contributed by atoms with van der Waals surface area (Å²) < 4.78 is 0. The van der Waals surface area contributed by atoms with E-state index < -0.39 is 0 Å². The molecule has 0 radical (unpaired) electrons. The van der Waals surface area contributed by atoms with Crippen molar-refractivity contribution in [1.82, 2.24) is 5.32 Å². The van der Waals surface area contributed by atoms with Gasteiger partial charge in [0.15, 0.2) is 0 Å². The van der Waals surface area contributed by atoms with Gasteiger partial charge in [0, 0.05) is 13.2 Å². The molecule has 0 aliphatic carbocycles. The lowest BCUT2D eigenvalue weighted by Gasteiger charge is -2.18. The van der Waals surface area contributed by atoms with Gasteiger partial charge in [0.2, 0.25) is 5.91 Å². The minimum Gasteiger partial charge on any atom is -0.396 e. The molecule has 16 heavy (non-hydrogen) atoms. The van der Waals surface area contributed by atoms with Crippen molar-refractivity contribution in [3.8, 4) is 0 Å². The van der Waals surface area contributed by atoms with Crippen LogP contribution in [0.2, 0.25) is 0 Å². The van der Waals surface area contributed by atoms with Crippen LogP contribution in [-0.4, -0.2) is 35.7 Å². The predicted molar refractivity (Wildman–Crippen MR) is 70.7 cm³/mol. The van der Waals surface area contributed by atoms with Crippen molar-refractivity contribution >= 4 is 17.7 Å². The van der Waals surface area contributed by atoms with Crippen molar-refractivity contribution in [2.45, 2.75) is 34.1 Å². The van der Waals surface area contributed by atoms with Crippen molar-refractivity contribution < 1.29 is 9.90 Å². The highest BCUT2D eigenvalue weighted by molar-refractivity contribution is 7.99. The van der Waals surface area contributed by atoms with Gasteiger partial charge in [-0.05, 0) is 23.5 Å². The van der Waals surface area contributed by atoms with Crippen LogP contribution in [0.3, 0.4) is 0 Å². The van der Waals surface area contributed by atoms with E-state index in [9.17, 15) is 4.79 Å². The lowest BCUT2D eigenvalue weighted by Crippen LogP contribution is -2.28. The van der Waals surface area contributed by atoms with Gasteiger partial charge >= 0.3 is 0 Å². The van der Waals surface area contributed by atoms with Crippen LogP contribution in [0.1, 0.15) is 34.1 Å². The molecule has 3 nitrogen and oxygen atoms in total. The van der Waals surface area contributed by atoms with Crippen LogP contribution < -0.4 is 5.32 Å². The van der Waals surface area contributed by atoms with E-state index in [1.54, 1.807) is 11.8 Å². The fourth-order valence-corrected chi connectivity index (χ4v) is 1.95. The zero-order valence-corrected chi connectivity index (χ0v) is 11.7. The van der Waals surface area contributed by atoms with Gasteiger partial charge in [-0.25, -0.2) is 0 Å². The summed E-state index contributed by atoms with van der Waals surface area (Å²) in [6.07, 6.45) is 0.996. The maximum atomic E-state index is 11.4. The van der Waals surface area contributed by atoms with Gasteiger partial charge in [-0.2, -0.15) is 11.8 Å². The molecule has 1 atom stereocenters. The van der Waals surface area contributed by atoms with Crippen LogP contribution in [0.4, 0.5) is 0 Å². The van der Waals surface area contributed by atoms with E-state index in [1.165, 1.54) is 0 Å². The number of carbonyl (C=O) groups is 1. The molecule has 0 aliphatic heterocycles. The second-order valence-corrected chi connectivity index (χ2v) is 6.49. The Hall–Kier alpha value is -0.220. The van der Waals surface area contributed by atoms with E-state index in [2.05, 4.69) is 26.1 Å². The molecule has 0 heterocycles. The van der Waals surface area contributed by atoms with Crippen molar-refractivity contribution in [1.29, 1.82) is 0 Å². The van der Waals surface area contributed by atoms with E-state index in [0.717, 1.165) is 18.7 Å². The first-order chi connectivity index (χ1) is 7.35. The lowest BCUT2D eigenvalue weighted by molar-refractivity contribution is -0.118. The van der Waals surface area contributed by atoms with Crippen molar-refractivity contribution in [3.63, 3.8) is 0 Å². The van der Waals surface area contributed by atoms with Crippen molar-refractivity contribution in [3.05, 3.63) is 0 Å². The maximum absolute atomic E-state index is 11.4. The Morgan fingerprint density at radius 1 is 1.44 bits per heavy atom. The van der Waals surface area contributed by atoms with Gasteiger partial charge < -0.3 is 10.4 Å². The second-order valence-electron chi connectivity index (χ2n) is 5.46. The van der Waals surface area contributed by atoms with Gasteiger partial charge in [0.05, 0.1) is 5.75 Å². The Bertz CT molecular complexity index is 202. The van der Waals surface area contributed by atoms with Crippen LogP contribution in [-0.2, 0) is 4.79 Å². The fourth-order valence-electron chi connectivity index (χ4n) is 1.03. The summed E-state index contributed by atoms with van der Waals surface area (Å²) in [5.74, 6) is 1.70. The average Bonchev–Trinajstić information content (AvgIpc) is 2.15. The largest absolute Gasteiger partial charge is 0.396 e. The summed E-state index contributed by atoms with van der Waals surface area (Å²) in [7, 11) is 0. The van der Waals surface area contributed by atoms with E-state index in [1.807, 2.05) is 6.92 Å². The topological polar surface area (TPSA) is 49.3 Å². The minimum atomic E-state index is 0.0967. The molecular weight excluding hydrogens is 222 g/mol. The molecule has 96 valence electrons. The Labute approximate surface area is 103 Å². The molecule has 0 aromatic heterocycles. The molecular formula is C12H25NO2S. The molecule has 0 aromatic carbocycles. The molecule has 0 aromatic rings. The first-order valence-electron chi connectivity index (χ1n) is 5.80. The molecule has 1 amide bonds. The number of hydrogen-bond acceptors (Lipinski definition) is 3. The highest BCUT2D eigenvalue weighted by Crippen LogP contribution is 2.16. The van der Waals surface area contributed by atoms with E-state index in [-0.39, 0.29) is 23.8 Å². The van der Waals surface area contributed by atoms with Gasteiger partial charge in [0.25, 0.3) is 0 Å². The molecule has 0 spiro atoms. The van der Waals surface area contributed by atoms with Crippen LogP contribution in [0, 0.1) is 11.3 Å². The number of aliphatic hydroxyl groups excluding tert-OH is 1. The third kappa shape index (κ3) is 10.3. The number of rotatable bonds is 7. The van der Waals surface area contributed by atoms with Gasteiger partial charge in [-0.3, -0.25) is 4.79 Å². The Morgan fingerprint density at radius 2 is 2.06 bits per heavy atom.